The number of halogens is 1. The number of carbonyl (C=O) groups excluding carboxylic acids is 1. The summed E-state index contributed by atoms with van der Waals surface area (Å²) in [7, 11) is 0. The van der Waals surface area contributed by atoms with E-state index in [0.29, 0.717) is 23.8 Å². The number of unbranched alkanes of at least 4 members (excludes halogenated alkanes) is 1. The molecule has 150 valence electrons. The van der Waals surface area contributed by atoms with Gasteiger partial charge in [0.1, 0.15) is 5.75 Å². The summed E-state index contributed by atoms with van der Waals surface area (Å²) in [5.41, 5.74) is 4.11. The van der Waals surface area contributed by atoms with Crippen molar-refractivity contribution in [2.45, 2.75) is 26.7 Å². The molecular weight excluding hydrogens is 386 g/mol. The SMILES string of the molecule is CCCCOc1ccc(Cl)cc1-c1cnccc1-c1cccc(C(=O)OCC)c1. The minimum Gasteiger partial charge on any atom is -0.493 e. The van der Waals surface area contributed by atoms with Crippen molar-refractivity contribution in [1.82, 2.24) is 4.98 Å². The zero-order valence-corrected chi connectivity index (χ0v) is 17.4. The number of ether oxygens (including phenoxy) is 2. The van der Waals surface area contributed by atoms with E-state index >= 15 is 0 Å². The maximum Gasteiger partial charge on any atom is 0.338 e. The molecule has 1 heterocycles. The fourth-order valence-corrected chi connectivity index (χ4v) is 3.23. The third-order valence-corrected chi connectivity index (χ3v) is 4.73. The monoisotopic (exact) mass is 409 g/mol. The Kier molecular flexibility index (Phi) is 7.25. The van der Waals surface area contributed by atoms with Gasteiger partial charge in [0.05, 0.1) is 18.8 Å². The molecule has 0 aliphatic rings. The molecule has 29 heavy (non-hydrogen) atoms. The van der Waals surface area contributed by atoms with Crippen molar-refractivity contribution in [2.75, 3.05) is 13.2 Å². The number of carbonyl (C=O) groups is 1. The highest BCUT2D eigenvalue weighted by molar-refractivity contribution is 6.31. The summed E-state index contributed by atoms with van der Waals surface area (Å²) in [6.45, 7) is 4.90. The van der Waals surface area contributed by atoms with Gasteiger partial charge in [0.2, 0.25) is 0 Å². The maximum atomic E-state index is 12.2. The molecule has 0 atom stereocenters. The second kappa shape index (κ2) is 10.1. The molecule has 0 N–H and O–H groups in total. The molecule has 0 spiro atoms. The number of hydrogen-bond acceptors (Lipinski definition) is 4. The number of rotatable bonds is 8. The van der Waals surface area contributed by atoms with Crippen LogP contribution in [0.3, 0.4) is 0 Å². The zero-order chi connectivity index (χ0) is 20.6. The Morgan fingerprint density at radius 2 is 1.90 bits per heavy atom. The lowest BCUT2D eigenvalue weighted by atomic mass is 9.95. The molecule has 0 fully saturated rings. The van der Waals surface area contributed by atoms with Gasteiger partial charge < -0.3 is 9.47 Å². The van der Waals surface area contributed by atoms with Gasteiger partial charge >= 0.3 is 5.97 Å². The number of benzene rings is 2. The summed E-state index contributed by atoms with van der Waals surface area (Å²) >= 11 is 6.29. The van der Waals surface area contributed by atoms with Crippen LogP contribution in [0.1, 0.15) is 37.0 Å². The van der Waals surface area contributed by atoms with E-state index in [1.807, 2.05) is 42.5 Å². The third kappa shape index (κ3) is 5.15. The second-order valence-electron chi connectivity index (χ2n) is 6.57. The first-order chi connectivity index (χ1) is 14.1. The molecular formula is C24H24ClNO3. The minimum atomic E-state index is -0.337. The normalized spacial score (nSPS) is 10.6. The van der Waals surface area contributed by atoms with Gasteiger partial charge in [-0.3, -0.25) is 4.98 Å². The zero-order valence-electron chi connectivity index (χ0n) is 16.7. The second-order valence-corrected chi connectivity index (χ2v) is 7.00. The van der Waals surface area contributed by atoms with Crippen molar-refractivity contribution in [3.05, 3.63) is 71.5 Å². The van der Waals surface area contributed by atoms with Crippen LogP contribution in [0.15, 0.2) is 60.9 Å². The van der Waals surface area contributed by atoms with E-state index in [-0.39, 0.29) is 5.97 Å². The molecule has 0 radical (unpaired) electrons. The van der Waals surface area contributed by atoms with Gasteiger partial charge in [-0.15, -0.1) is 0 Å². The van der Waals surface area contributed by atoms with Crippen LogP contribution in [0.25, 0.3) is 22.3 Å². The van der Waals surface area contributed by atoms with E-state index in [0.717, 1.165) is 40.8 Å². The van der Waals surface area contributed by atoms with Crippen molar-refractivity contribution in [1.29, 1.82) is 0 Å². The summed E-state index contributed by atoms with van der Waals surface area (Å²) < 4.78 is 11.1. The van der Waals surface area contributed by atoms with Crippen molar-refractivity contribution in [3.63, 3.8) is 0 Å². The number of nitrogens with zero attached hydrogens (tertiary/aromatic N) is 1. The predicted octanol–water partition coefficient (Wildman–Crippen LogP) is 6.42. The number of aromatic nitrogens is 1. The lowest BCUT2D eigenvalue weighted by Gasteiger charge is -2.15. The quantitative estimate of drug-likeness (QED) is 0.318. The smallest absolute Gasteiger partial charge is 0.338 e. The lowest BCUT2D eigenvalue weighted by molar-refractivity contribution is 0.0526. The molecule has 0 unspecified atom stereocenters. The molecule has 3 rings (SSSR count). The highest BCUT2D eigenvalue weighted by atomic mass is 35.5. The van der Waals surface area contributed by atoms with E-state index in [1.54, 1.807) is 25.4 Å². The van der Waals surface area contributed by atoms with Crippen LogP contribution in [-0.4, -0.2) is 24.2 Å². The number of esters is 1. The highest BCUT2D eigenvalue weighted by Gasteiger charge is 2.15. The minimum absolute atomic E-state index is 0.337. The summed E-state index contributed by atoms with van der Waals surface area (Å²) in [5.74, 6) is 0.426. The predicted molar refractivity (Wildman–Crippen MR) is 116 cm³/mol. The Balaban J connectivity index is 2.06. The molecule has 2 aromatic carbocycles. The molecule has 5 heteroatoms. The standard InChI is InChI=1S/C24H24ClNO3/c1-3-5-13-29-23-10-9-19(25)15-21(23)22-16-26-12-11-20(22)17-7-6-8-18(14-17)24(27)28-4-2/h6-12,14-16H,3-5,13H2,1-2H3. The van der Waals surface area contributed by atoms with Gasteiger partial charge in [-0.25, -0.2) is 4.79 Å². The van der Waals surface area contributed by atoms with Gasteiger partial charge in [0.15, 0.2) is 0 Å². The van der Waals surface area contributed by atoms with Crippen LogP contribution >= 0.6 is 11.6 Å². The van der Waals surface area contributed by atoms with Crippen molar-refractivity contribution in [3.8, 4) is 28.0 Å². The molecule has 0 amide bonds. The first kappa shape index (κ1) is 20.9. The van der Waals surface area contributed by atoms with Crippen LogP contribution in [0.5, 0.6) is 5.75 Å². The number of hydrogen-bond donors (Lipinski definition) is 0. The Morgan fingerprint density at radius 1 is 1.03 bits per heavy atom. The fourth-order valence-electron chi connectivity index (χ4n) is 3.05. The Labute approximate surface area is 176 Å². The van der Waals surface area contributed by atoms with Gasteiger partial charge in [0.25, 0.3) is 0 Å². The van der Waals surface area contributed by atoms with Gasteiger partial charge in [-0.05, 0) is 60.9 Å². The van der Waals surface area contributed by atoms with Gasteiger partial charge in [0, 0.05) is 28.5 Å². The molecule has 0 bridgehead atoms. The largest absolute Gasteiger partial charge is 0.493 e. The van der Waals surface area contributed by atoms with Crippen LogP contribution in [0.2, 0.25) is 5.02 Å². The molecule has 4 nitrogen and oxygen atoms in total. The molecule has 3 aromatic rings. The average Bonchev–Trinajstić information content (AvgIpc) is 2.75. The van der Waals surface area contributed by atoms with Crippen molar-refractivity contribution in [2.24, 2.45) is 0 Å². The molecule has 0 aliphatic heterocycles. The first-order valence-electron chi connectivity index (χ1n) is 9.78. The summed E-state index contributed by atoms with van der Waals surface area (Å²) in [6.07, 6.45) is 5.56. The Hall–Kier alpha value is -2.85. The van der Waals surface area contributed by atoms with E-state index in [1.165, 1.54) is 0 Å². The summed E-state index contributed by atoms with van der Waals surface area (Å²) in [5, 5.41) is 0.623. The van der Waals surface area contributed by atoms with Gasteiger partial charge in [-0.2, -0.15) is 0 Å². The van der Waals surface area contributed by atoms with Crippen LogP contribution in [-0.2, 0) is 4.74 Å². The van der Waals surface area contributed by atoms with E-state index in [2.05, 4.69) is 11.9 Å². The number of pyridine rings is 1. The van der Waals surface area contributed by atoms with E-state index in [4.69, 9.17) is 21.1 Å². The van der Waals surface area contributed by atoms with Gasteiger partial charge in [-0.1, -0.05) is 37.1 Å². The van der Waals surface area contributed by atoms with E-state index < -0.39 is 0 Å². The summed E-state index contributed by atoms with van der Waals surface area (Å²) in [4.78, 5) is 16.5. The molecule has 1 aromatic heterocycles. The Bertz CT molecular complexity index is 987. The van der Waals surface area contributed by atoms with Crippen LogP contribution < -0.4 is 4.74 Å². The Morgan fingerprint density at radius 3 is 2.69 bits per heavy atom. The molecule has 0 aliphatic carbocycles. The maximum absolute atomic E-state index is 12.2. The highest BCUT2D eigenvalue weighted by Crippen LogP contribution is 2.38. The third-order valence-electron chi connectivity index (χ3n) is 4.49. The first-order valence-corrected chi connectivity index (χ1v) is 10.2. The topological polar surface area (TPSA) is 48.4 Å². The van der Waals surface area contributed by atoms with Crippen LogP contribution in [0.4, 0.5) is 0 Å². The molecule has 0 saturated carbocycles. The van der Waals surface area contributed by atoms with Crippen molar-refractivity contribution >= 4 is 17.6 Å². The average molecular weight is 410 g/mol. The molecule has 0 saturated heterocycles. The van der Waals surface area contributed by atoms with Crippen LogP contribution in [0, 0.1) is 0 Å². The lowest BCUT2D eigenvalue weighted by Crippen LogP contribution is -2.04. The summed E-state index contributed by atoms with van der Waals surface area (Å²) in [6, 6.07) is 14.9. The van der Waals surface area contributed by atoms with Crippen molar-refractivity contribution < 1.29 is 14.3 Å². The van der Waals surface area contributed by atoms with E-state index in [9.17, 15) is 4.79 Å². The fraction of sp³-hybridized carbons (Fsp3) is 0.250.